The van der Waals surface area contributed by atoms with E-state index in [0.29, 0.717) is 13.2 Å². The zero-order valence-corrected chi connectivity index (χ0v) is 11.7. The maximum absolute atomic E-state index is 12.4. The number of fused-ring (bicyclic) bond motifs is 1. The van der Waals surface area contributed by atoms with Crippen LogP contribution in [0, 0.1) is 5.92 Å². The molecule has 18 heavy (non-hydrogen) atoms. The number of rotatable bonds is 2. The van der Waals surface area contributed by atoms with Crippen LogP contribution in [0.15, 0.2) is 24.3 Å². The van der Waals surface area contributed by atoms with E-state index in [1.807, 2.05) is 38.1 Å². The Morgan fingerprint density at radius 2 is 2.11 bits per heavy atom. The molecular weight excluding hydrogens is 246 g/mol. The molecule has 0 radical (unpaired) electrons. The number of hydrogen-bond acceptors (Lipinski definition) is 3. The summed E-state index contributed by atoms with van der Waals surface area (Å²) in [4.78, 5) is 14.3. The van der Waals surface area contributed by atoms with E-state index >= 15 is 0 Å². The highest BCUT2D eigenvalue weighted by atomic mass is 32.1. The van der Waals surface area contributed by atoms with Crippen molar-refractivity contribution in [3.8, 4) is 5.75 Å². The van der Waals surface area contributed by atoms with Gasteiger partial charge in [-0.15, -0.1) is 0 Å². The molecule has 98 valence electrons. The number of benzene rings is 1. The summed E-state index contributed by atoms with van der Waals surface area (Å²) in [6, 6.07) is 7.69. The summed E-state index contributed by atoms with van der Waals surface area (Å²) in [6.07, 6.45) is 0.846. The van der Waals surface area contributed by atoms with Crippen LogP contribution >= 0.6 is 12.6 Å². The summed E-state index contributed by atoms with van der Waals surface area (Å²) in [5.74, 6) is 1.07. The standard InChI is InChI=1S/C14H19NO2S/c1-10(2)13(18)14(16)15-8-5-9-17-12-7-4-3-6-11(12)15/h3-4,6-7,10,13,18H,5,8-9H2,1-2H3. The van der Waals surface area contributed by atoms with Gasteiger partial charge in [0, 0.05) is 6.54 Å². The van der Waals surface area contributed by atoms with E-state index in [1.165, 1.54) is 0 Å². The molecule has 0 spiro atoms. The van der Waals surface area contributed by atoms with Gasteiger partial charge in [0.25, 0.3) is 0 Å². The van der Waals surface area contributed by atoms with E-state index in [2.05, 4.69) is 12.6 Å². The summed E-state index contributed by atoms with van der Waals surface area (Å²) in [6.45, 7) is 5.37. The lowest BCUT2D eigenvalue weighted by atomic mass is 10.1. The SMILES string of the molecule is CC(C)C(S)C(=O)N1CCCOc2ccccc21. The monoisotopic (exact) mass is 265 g/mol. The van der Waals surface area contributed by atoms with Gasteiger partial charge in [-0.1, -0.05) is 26.0 Å². The van der Waals surface area contributed by atoms with Crippen LogP contribution in [0.25, 0.3) is 0 Å². The minimum atomic E-state index is -0.267. The molecule has 3 nitrogen and oxygen atoms in total. The van der Waals surface area contributed by atoms with Crippen molar-refractivity contribution < 1.29 is 9.53 Å². The lowest BCUT2D eigenvalue weighted by molar-refractivity contribution is -0.118. The number of carbonyl (C=O) groups is 1. The zero-order valence-electron chi connectivity index (χ0n) is 10.8. The third kappa shape index (κ3) is 2.64. The van der Waals surface area contributed by atoms with Gasteiger partial charge in [-0.25, -0.2) is 0 Å². The van der Waals surface area contributed by atoms with Crippen molar-refractivity contribution in [3.63, 3.8) is 0 Å². The molecule has 0 aromatic heterocycles. The van der Waals surface area contributed by atoms with Crippen molar-refractivity contribution in [2.24, 2.45) is 5.92 Å². The van der Waals surface area contributed by atoms with Gasteiger partial charge in [0.15, 0.2) is 0 Å². The highest BCUT2D eigenvalue weighted by Gasteiger charge is 2.27. The Balaban J connectivity index is 2.30. The normalized spacial score (nSPS) is 16.8. The molecule has 1 aromatic rings. The van der Waals surface area contributed by atoms with E-state index < -0.39 is 0 Å². The fourth-order valence-corrected chi connectivity index (χ4v) is 2.14. The molecule has 0 N–H and O–H groups in total. The van der Waals surface area contributed by atoms with Gasteiger partial charge >= 0.3 is 0 Å². The number of thiol groups is 1. The Hall–Kier alpha value is -1.16. The molecule has 0 fully saturated rings. The number of ether oxygens (including phenoxy) is 1. The Morgan fingerprint density at radius 1 is 1.39 bits per heavy atom. The van der Waals surface area contributed by atoms with Crippen molar-refractivity contribution in [2.75, 3.05) is 18.1 Å². The second kappa shape index (κ2) is 5.65. The minimum absolute atomic E-state index is 0.0614. The number of anilines is 1. The van der Waals surface area contributed by atoms with Crippen molar-refractivity contribution in [1.82, 2.24) is 0 Å². The molecule has 1 aromatic carbocycles. The fourth-order valence-electron chi connectivity index (χ4n) is 2.00. The fraction of sp³-hybridized carbons (Fsp3) is 0.500. The molecule has 1 aliphatic rings. The highest BCUT2D eigenvalue weighted by Crippen LogP contribution is 2.31. The number of amides is 1. The molecule has 0 bridgehead atoms. The molecule has 1 aliphatic heterocycles. The quantitative estimate of drug-likeness (QED) is 0.833. The highest BCUT2D eigenvalue weighted by molar-refractivity contribution is 7.81. The van der Waals surface area contributed by atoms with E-state index in [1.54, 1.807) is 4.90 Å². The van der Waals surface area contributed by atoms with E-state index in [-0.39, 0.29) is 17.1 Å². The molecule has 4 heteroatoms. The molecule has 1 heterocycles. The third-order valence-electron chi connectivity index (χ3n) is 3.09. The van der Waals surface area contributed by atoms with Crippen LogP contribution in [0.2, 0.25) is 0 Å². The zero-order chi connectivity index (χ0) is 13.1. The second-order valence-electron chi connectivity index (χ2n) is 4.85. The van der Waals surface area contributed by atoms with Crippen molar-refractivity contribution in [2.45, 2.75) is 25.5 Å². The number of hydrogen-bond donors (Lipinski definition) is 1. The van der Waals surface area contributed by atoms with E-state index in [4.69, 9.17) is 4.74 Å². The number of nitrogens with zero attached hydrogens (tertiary/aromatic N) is 1. The first-order valence-corrected chi connectivity index (χ1v) is 6.84. The van der Waals surface area contributed by atoms with E-state index in [0.717, 1.165) is 17.9 Å². The molecule has 0 saturated carbocycles. The summed E-state index contributed by atoms with van der Waals surface area (Å²) in [7, 11) is 0. The predicted molar refractivity (Wildman–Crippen MR) is 76.5 cm³/mol. The van der Waals surface area contributed by atoms with E-state index in [9.17, 15) is 4.79 Å². The molecule has 0 saturated heterocycles. The molecule has 0 aliphatic carbocycles. The largest absolute Gasteiger partial charge is 0.491 e. The Bertz CT molecular complexity index is 434. The number of carbonyl (C=O) groups excluding carboxylic acids is 1. The first kappa shape index (κ1) is 13.3. The Labute approximate surface area is 114 Å². The lowest BCUT2D eigenvalue weighted by Gasteiger charge is -2.26. The van der Waals surface area contributed by atoms with Crippen LogP contribution in [0.5, 0.6) is 5.75 Å². The maximum Gasteiger partial charge on any atom is 0.240 e. The maximum atomic E-state index is 12.4. The van der Waals surface area contributed by atoms with Crippen molar-refractivity contribution in [1.29, 1.82) is 0 Å². The molecular formula is C14H19NO2S. The van der Waals surface area contributed by atoms with Crippen LogP contribution < -0.4 is 9.64 Å². The second-order valence-corrected chi connectivity index (χ2v) is 5.40. The number of para-hydroxylation sites is 2. The average Bonchev–Trinajstić information content (AvgIpc) is 2.59. The molecule has 2 rings (SSSR count). The van der Waals surface area contributed by atoms with Gasteiger partial charge in [0.2, 0.25) is 5.91 Å². The smallest absolute Gasteiger partial charge is 0.240 e. The molecule has 1 unspecified atom stereocenters. The Kier molecular flexibility index (Phi) is 4.17. The Morgan fingerprint density at radius 3 is 2.83 bits per heavy atom. The van der Waals surface area contributed by atoms with Gasteiger partial charge in [-0.2, -0.15) is 12.6 Å². The van der Waals surface area contributed by atoms with Gasteiger partial charge in [0.1, 0.15) is 5.75 Å². The third-order valence-corrected chi connectivity index (χ3v) is 3.91. The summed E-state index contributed by atoms with van der Waals surface area (Å²) < 4.78 is 5.65. The van der Waals surface area contributed by atoms with Crippen LogP contribution in [0.1, 0.15) is 20.3 Å². The lowest BCUT2D eigenvalue weighted by Crippen LogP contribution is -2.39. The average molecular weight is 265 g/mol. The van der Waals surface area contributed by atoms with Crippen LogP contribution in [-0.2, 0) is 4.79 Å². The molecule has 1 atom stereocenters. The van der Waals surface area contributed by atoms with Crippen LogP contribution in [0.4, 0.5) is 5.69 Å². The summed E-state index contributed by atoms with van der Waals surface area (Å²) >= 11 is 4.42. The minimum Gasteiger partial charge on any atom is -0.491 e. The summed E-state index contributed by atoms with van der Waals surface area (Å²) in [5.41, 5.74) is 0.861. The first-order valence-electron chi connectivity index (χ1n) is 6.32. The van der Waals surface area contributed by atoms with Gasteiger partial charge in [0.05, 0.1) is 17.5 Å². The predicted octanol–water partition coefficient (Wildman–Crippen LogP) is 2.76. The van der Waals surface area contributed by atoms with Crippen molar-refractivity contribution in [3.05, 3.63) is 24.3 Å². The first-order chi connectivity index (χ1) is 8.61. The van der Waals surface area contributed by atoms with Gasteiger partial charge in [-0.3, -0.25) is 4.79 Å². The summed E-state index contributed by atoms with van der Waals surface area (Å²) in [5, 5.41) is -0.267. The van der Waals surface area contributed by atoms with Crippen LogP contribution in [-0.4, -0.2) is 24.3 Å². The molecule has 1 amide bonds. The van der Waals surface area contributed by atoms with Crippen LogP contribution in [0.3, 0.4) is 0 Å². The van der Waals surface area contributed by atoms with Crippen molar-refractivity contribution >= 4 is 24.2 Å². The van der Waals surface area contributed by atoms with Gasteiger partial charge in [-0.05, 0) is 24.5 Å². The topological polar surface area (TPSA) is 29.5 Å². The van der Waals surface area contributed by atoms with Gasteiger partial charge < -0.3 is 9.64 Å².